The molecule has 2 aromatic carbocycles. The number of hydrogen-bond donors (Lipinski definition) is 3. The van der Waals surface area contributed by atoms with Gasteiger partial charge in [-0.1, -0.05) is 24.3 Å². The van der Waals surface area contributed by atoms with E-state index in [1.54, 1.807) is 13.0 Å². The molecule has 0 amide bonds. The van der Waals surface area contributed by atoms with Gasteiger partial charge < -0.3 is 10.2 Å². The smallest absolute Gasteiger partial charge is 0.165 e. The van der Waals surface area contributed by atoms with Crippen molar-refractivity contribution in [1.82, 2.24) is 0 Å². The molecule has 14 heavy (non-hydrogen) atoms. The monoisotopic (exact) mass is 206 g/mol. The number of phenols is 2. The van der Waals surface area contributed by atoms with E-state index in [1.807, 2.05) is 18.2 Å². The van der Waals surface area contributed by atoms with Crippen LogP contribution in [-0.2, 0) is 0 Å². The van der Waals surface area contributed by atoms with Crippen molar-refractivity contribution >= 4 is 23.4 Å². The van der Waals surface area contributed by atoms with Crippen LogP contribution in [0.15, 0.2) is 29.2 Å². The molecule has 0 aliphatic carbocycles. The molecule has 2 aromatic rings. The van der Waals surface area contributed by atoms with Crippen LogP contribution >= 0.6 is 12.6 Å². The van der Waals surface area contributed by atoms with Crippen LogP contribution in [0.1, 0.15) is 5.56 Å². The first-order chi connectivity index (χ1) is 6.63. The molecule has 0 bridgehead atoms. The number of benzene rings is 2. The minimum Gasteiger partial charge on any atom is -0.504 e. The second kappa shape index (κ2) is 3.10. The van der Waals surface area contributed by atoms with E-state index in [2.05, 4.69) is 12.6 Å². The van der Waals surface area contributed by atoms with Crippen LogP contribution in [0.4, 0.5) is 0 Å². The summed E-state index contributed by atoms with van der Waals surface area (Å²) in [5.41, 5.74) is 0.601. The molecule has 0 aromatic heterocycles. The van der Waals surface area contributed by atoms with E-state index < -0.39 is 0 Å². The predicted molar refractivity (Wildman–Crippen MR) is 59.3 cm³/mol. The molecular formula is C11H10O2S. The fraction of sp³-hybridized carbons (Fsp3) is 0.0909. The third-order valence-electron chi connectivity index (χ3n) is 2.37. The molecule has 0 saturated heterocycles. The standard InChI is InChI=1S/C11H10O2S/c1-6-9(12)10(13)7-4-2-3-5-8(7)11(6)14/h2-5,12-14H,1H3. The van der Waals surface area contributed by atoms with Gasteiger partial charge >= 0.3 is 0 Å². The molecule has 0 unspecified atom stereocenters. The van der Waals surface area contributed by atoms with E-state index in [-0.39, 0.29) is 11.5 Å². The Morgan fingerprint density at radius 1 is 1.00 bits per heavy atom. The Hall–Kier alpha value is -1.35. The van der Waals surface area contributed by atoms with Crippen molar-refractivity contribution in [1.29, 1.82) is 0 Å². The minimum atomic E-state index is -0.0892. The molecule has 0 heterocycles. The van der Waals surface area contributed by atoms with E-state index >= 15 is 0 Å². The highest BCUT2D eigenvalue weighted by molar-refractivity contribution is 7.80. The SMILES string of the molecule is Cc1c(O)c(O)c2ccccc2c1S. The summed E-state index contributed by atoms with van der Waals surface area (Å²) >= 11 is 4.31. The van der Waals surface area contributed by atoms with Crippen LogP contribution in [-0.4, -0.2) is 10.2 Å². The molecule has 0 spiro atoms. The summed E-state index contributed by atoms with van der Waals surface area (Å²) in [5.74, 6) is -0.162. The molecule has 3 heteroatoms. The van der Waals surface area contributed by atoms with Crippen molar-refractivity contribution in [2.24, 2.45) is 0 Å². The first-order valence-electron chi connectivity index (χ1n) is 4.25. The summed E-state index contributed by atoms with van der Waals surface area (Å²) in [6.45, 7) is 1.73. The van der Waals surface area contributed by atoms with Crippen LogP contribution in [0.5, 0.6) is 11.5 Å². The molecule has 2 N–H and O–H groups in total. The first kappa shape index (κ1) is 9.21. The lowest BCUT2D eigenvalue weighted by Crippen LogP contribution is -1.83. The summed E-state index contributed by atoms with van der Waals surface area (Å²) in [6, 6.07) is 7.30. The molecule has 0 radical (unpaired) electrons. The maximum absolute atomic E-state index is 9.68. The largest absolute Gasteiger partial charge is 0.504 e. The van der Waals surface area contributed by atoms with E-state index in [0.717, 1.165) is 5.39 Å². The van der Waals surface area contributed by atoms with Crippen molar-refractivity contribution in [3.05, 3.63) is 29.8 Å². The third-order valence-corrected chi connectivity index (χ3v) is 2.95. The number of hydrogen-bond acceptors (Lipinski definition) is 3. The van der Waals surface area contributed by atoms with Crippen LogP contribution in [0, 0.1) is 6.92 Å². The van der Waals surface area contributed by atoms with Crippen molar-refractivity contribution in [2.45, 2.75) is 11.8 Å². The maximum atomic E-state index is 9.68. The number of fused-ring (bicyclic) bond motifs is 1. The van der Waals surface area contributed by atoms with E-state index in [0.29, 0.717) is 15.8 Å². The van der Waals surface area contributed by atoms with Crippen LogP contribution < -0.4 is 0 Å². The van der Waals surface area contributed by atoms with Crippen LogP contribution in [0.25, 0.3) is 10.8 Å². The lowest BCUT2D eigenvalue weighted by Gasteiger charge is -2.09. The van der Waals surface area contributed by atoms with Gasteiger partial charge in [0.1, 0.15) is 0 Å². The van der Waals surface area contributed by atoms with Crippen molar-refractivity contribution in [2.75, 3.05) is 0 Å². The van der Waals surface area contributed by atoms with Gasteiger partial charge in [0.05, 0.1) is 0 Å². The number of phenolic OH excluding ortho intramolecular Hbond substituents is 2. The van der Waals surface area contributed by atoms with E-state index in [4.69, 9.17) is 0 Å². The highest BCUT2D eigenvalue weighted by Crippen LogP contribution is 2.40. The van der Waals surface area contributed by atoms with Crippen LogP contribution in [0.2, 0.25) is 0 Å². The molecule has 2 rings (SSSR count). The zero-order valence-electron chi connectivity index (χ0n) is 7.65. The summed E-state index contributed by atoms with van der Waals surface area (Å²) < 4.78 is 0. The molecule has 0 atom stereocenters. The Bertz CT molecular complexity index is 460. The fourth-order valence-corrected chi connectivity index (χ4v) is 1.82. The Labute approximate surface area is 87.2 Å². The Morgan fingerprint density at radius 2 is 1.57 bits per heavy atom. The molecule has 0 saturated carbocycles. The zero-order valence-corrected chi connectivity index (χ0v) is 8.55. The fourth-order valence-electron chi connectivity index (χ4n) is 1.52. The van der Waals surface area contributed by atoms with Gasteiger partial charge in [-0.2, -0.15) is 0 Å². The topological polar surface area (TPSA) is 40.5 Å². The Kier molecular flexibility index (Phi) is 2.04. The van der Waals surface area contributed by atoms with Gasteiger partial charge in [0.15, 0.2) is 11.5 Å². The van der Waals surface area contributed by atoms with Gasteiger partial charge in [0.2, 0.25) is 0 Å². The van der Waals surface area contributed by atoms with Gasteiger partial charge in [-0.3, -0.25) is 0 Å². The van der Waals surface area contributed by atoms with E-state index in [9.17, 15) is 10.2 Å². The molecular weight excluding hydrogens is 196 g/mol. The van der Waals surface area contributed by atoms with Crippen molar-refractivity contribution in [3.63, 3.8) is 0 Å². The second-order valence-electron chi connectivity index (χ2n) is 3.22. The zero-order chi connectivity index (χ0) is 10.3. The Morgan fingerprint density at radius 3 is 2.21 bits per heavy atom. The summed E-state index contributed by atoms with van der Waals surface area (Å²) in [5, 5.41) is 20.7. The quantitative estimate of drug-likeness (QED) is 0.458. The molecule has 0 aliphatic rings. The van der Waals surface area contributed by atoms with Gasteiger partial charge in [-0.05, 0) is 12.3 Å². The second-order valence-corrected chi connectivity index (χ2v) is 3.66. The predicted octanol–water partition coefficient (Wildman–Crippen LogP) is 2.85. The van der Waals surface area contributed by atoms with Gasteiger partial charge in [-0.15, -0.1) is 12.6 Å². The minimum absolute atomic E-state index is 0.0732. The average Bonchev–Trinajstić information content (AvgIpc) is 2.23. The summed E-state index contributed by atoms with van der Waals surface area (Å²) in [4.78, 5) is 0.705. The highest BCUT2D eigenvalue weighted by atomic mass is 32.1. The van der Waals surface area contributed by atoms with Gasteiger partial charge in [0, 0.05) is 15.8 Å². The number of thiol groups is 1. The lowest BCUT2D eigenvalue weighted by molar-refractivity contribution is 0.404. The van der Waals surface area contributed by atoms with Crippen molar-refractivity contribution in [3.8, 4) is 11.5 Å². The molecule has 0 aliphatic heterocycles. The molecule has 2 nitrogen and oxygen atoms in total. The lowest BCUT2D eigenvalue weighted by atomic mass is 10.1. The average molecular weight is 206 g/mol. The molecule has 0 fully saturated rings. The first-order valence-corrected chi connectivity index (χ1v) is 4.70. The normalized spacial score (nSPS) is 10.7. The van der Waals surface area contributed by atoms with Crippen LogP contribution in [0.3, 0.4) is 0 Å². The third kappa shape index (κ3) is 1.13. The highest BCUT2D eigenvalue weighted by Gasteiger charge is 2.12. The van der Waals surface area contributed by atoms with Gasteiger partial charge in [-0.25, -0.2) is 0 Å². The van der Waals surface area contributed by atoms with Gasteiger partial charge in [0.25, 0.3) is 0 Å². The molecule has 72 valence electrons. The number of rotatable bonds is 0. The summed E-state index contributed by atoms with van der Waals surface area (Å²) in [7, 11) is 0. The summed E-state index contributed by atoms with van der Waals surface area (Å²) in [6.07, 6.45) is 0. The van der Waals surface area contributed by atoms with Crippen molar-refractivity contribution < 1.29 is 10.2 Å². The number of aromatic hydroxyl groups is 2. The maximum Gasteiger partial charge on any atom is 0.165 e. The van der Waals surface area contributed by atoms with E-state index in [1.165, 1.54) is 0 Å². The Balaban J connectivity index is 3.02.